The van der Waals surface area contributed by atoms with E-state index in [4.69, 9.17) is 9.47 Å². The highest BCUT2D eigenvalue weighted by Gasteiger charge is 2.18. The van der Waals surface area contributed by atoms with Crippen LogP contribution in [0.5, 0.6) is 17.4 Å². The molecule has 2 aromatic heterocycles. The second kappa shape index (κ2) is 9.93. The molecule has 4 aromatic rings. The van der Waals surface area contributed by atoms with Crippen LogP contribution in [0.1, 0.15) is 16.7 Å². The molecule has 0 radical (unpaired) electrons. The van der Waals surface area contributed by atoms with Crippen molar-refractivity contribution in [1.82, 2.24) is 9.38 Å². The lowest BCUT2D eigenvalue weighted by Crippen LogP contribution is -2.20. The maximum absolute atomic E-state index is 13.3. The molecule has 0 saturated carbocycles. The third-order valence-corrected chi connectivity index (χ3v) is 5.30. The number of benzene rings is 2. The first-order valence-corrected chi connectivity index (χ1v) is 10.7. The summed E-state index contributed by atoms with van der Waals surface area (Å²) in [5, 5.41) is 12.5. The zero-order valence-electron chi connectivity index (χ0n) is 19.4. The van der Waals surface area contributed by atoms with Crippen molar-refractivity contribution >= 4 is 23.3 Å². The number of ether oxygens (including phenoxy) is 2. The van der Waals surface area contributed by atoms with Gasteiger partial charge in [0.25, 0.3) is 11.5 Å². The molecule has 1 N–H and O–H groups in total. The number of carbonyl (C=O) groups excluding carboxylic acids is 1. The first-order chi connectivity index (χ1) is 16.9. The van der Waals surface area contributed by atoms with E-state index in [1.54, 1.807) is 55.8 Å². The third-order valence-electron chi connectivity index (χ3n) is 5.30. The number of nitrogens with one attached hydrogen (secondary N) is 1. The molecule has 174 valence electrons. The van der Waals surface area contributed by atoms with Crippen LogP contribution in [0.15, 0.2) is 77.2 Å². The zero-order chi connectivity index (χ0) is 24.9. The molecule has 35 heavy (non-hydrogen) atoms. The van der Waals surface area contributed by atoms with Gasteiger partial charge in [0, 0.05) is 11.9 Å². The average Bonchev–Trinajstić information content (AvgIpc) is 2.86. The summed E-state index contributed by atoms with van der Waals surface area (Å²) in [4.78, 5) is 30.7. The van der Waals surface area contributed by atoms with Crippen molar-refractivity contribution in [3.8, 4) is 23.4 Å². The Labute approximate surface area is 201 Å². The largest absolute Gasteiger partial charge is 0.497 e. The molecule has 0 aliphatic carbocycles. The van der Waals surface area contributed by atoms with Gasteiger partial charge in [0.15, 0.2) is 0 Å². The molecule has 0 bridgehead atoms. The molecule has 8 nitrogen and oxygen atoms in total. The normalized spacial score (nSPS) is 11.1. The summed E-state index contributed by atoms with van der Waals surface area (Å²) in [6.07, 6.45) is 2.76. The molecule has 0 atom stereocenters. The van der Waals surface area contributed by atoms with Gasteiger partial charge in [-0.05, 0) is 73.5 Å². The monoisotopic (exact) mass is 466 g/mol. The number of fused-ring (bicyclic) bond motifs is 1. The Kier molecular flexibility index (Phi) is 6.60. The highest BCUT2D eigenvalue weighted by atomic mass is 16.5. The van der Waals surface area contributed by atoms with Crippen LogP contribution >= 0.6 is 0 Å². The number of aromatic nitrogens is 2. The van der Waals surface area contributed by atoms with Gasteiger partial charge in [0.1, 0.15) is 34.4 Å². The lowest BCUT2D eigenvalue weighted by molar-refractivity contribution is -0.112. The predicted octanol–water partition coefficient (Wildman–Crippen LogP) is 4.66. The highest BCUT2D eigenvalue weighted by molar-refractivity contribution is 6.10. The zero-order valence-corrected chi connectivity index (χ0v) is 19.4. The van der Waals surface area contributed by atoms with E-state index < -0.39 is 11.5 Å². The van der Waals surface area contributed by atoms with Gasteiger partial charge >= 0.3 is 0 Å². The number of rotatable bonds is 6. The van der Waals surface area contributed by atoms with E-state index in [-0.39, 0.29) is 17.0 Å². The summed E-state index contributed by atoms with van der Waals surface area (Å²) in [6, 6.07) is 19.3. The minimum absolute atomic E-state index is 0.0290. The molecule has 0 aliphatic rings. The maximum Gasteiger partial charge on any atom is 0.269 e. The van der Waals surface area contributed by atoms with Crippen molar-refractivity contribution in [2.75, 3.05) is 12.4 Å². The minimum atomic E-state index is -0.644. The minimum Gasteiger partial charge on any atom is -0.497 e. The van der Waals surface area contributed by atoms with Crippen LogP contribution in [0.4, 0.5) is 5.69 Å². The summed E-state index contributed by atoms with van der Waals surface area (Å²) in [7, 11) is 1.55. The van der Waals surface area contributed by atoms with Crippen LogP contribution in [0.25, 0.3) is 11.7 Å². The van der Waals surface area contributed by atoms with Gasteiger partial charge in [0.2, 0.25) is 5.88 Å². The Hall–Kier alpha value is -4.90. The van der Waals surface area contributed by atoms with Gasteiger partial charge in [-0.25, -0.2) is 0 Å². The number of carbonyl (C=O) groups is 1. The predicted molar refractivity (Wildman–Crippen MR) is 133 cm³/mol. The number of nitrogens with zero attached hydrogens (tertiary/aromatic N) is 3. The second-order valence-electron chi connectivity index (χ2n) is 7.78. The van der Waals surface area contributed by atoms with Gasteiger partial charge in [-0.1, -0.05) is 18.2 Å². The van der Waals surface area contributed by atoms with E-state index in [0.29, 0.717) is 22.8 Å². The Morgan fingerprint density at radius 1 is 1.09 bits per heavy atom. The number of anilines is 1. The lowest BCUT2D eigenvalue weighted by atomic mass is 10.1. The van der Waals surface area contributed by atoms with Crippen LogP contribution in [-0.4, -0.2) is 22.4 Å². The molecule has 0 fully saturated rings. The summed E-state index contributed by atoms with van der Waals surface area (Å²) < 4.78 is 12.4. The highest BCUT2D eigenvalue weighted by Crippen LogP contribution is 2.26. The Balaban J connectivity index is 1.79. The summed E-state index contributed by atoms with van der Waals surface area (Å²) in [5.74, 6) is 0.373. The number of amides is 1. The van der Waals surface area contributed by atoms with E-state index in [0.717, 1.165) is 11.1 Å². The molecule has 0 aliphatic heterocycles. The smallest absolute Gasteiger partial charge is 0.269 e. The molecule has 1 amide bonds. The van der Waals surface area contributed by atoms with Crippen molar-refractivity contribution in [3.63, 3.8) is 0 Å². The fraction of sp³-hybridized carbons (Fsp3) is 0.111. The SMILES string of the molecule is COc1ccc(Oc2nc3ccccn3c(=O)c2C=C(C#N)C(=O)Nc2cc(C)ccc2C)cc1. The van der Waals surface area contributed by atoms with E-state index in [1.165, 1.54) is 10.5 Å². The molecule has 0 saturated heterocycles. The first-order valence-electron chi connectivity index (χ1n) is 10.7. The standard InChI is InChI=1S/C27H22N4O4/c1-17-7-8-18(2)23(14-17)29-25(32)19(16-28)15-22-26(35-21-11-9-20(34-3)10-12-21)30-24-6-4-5-13-31(24)27(22)33/h4-15H,1-3H3,(H,29,32). The topological polar surface area (TPSA) is 106 Å². The number of aryl methyl sites for hydroxylation is 2. The molecular formula is C27H22N4O4. The summed E-state index contributed by atoms with van der Waals surface area (Å²) in [6.45, 7) is 3.76. The van der Waals surface area contributed by atoms with Crippen LogP contribution in [0.2, 0.25) is 0 Å². The molecule has 8 heteroatoms. The first kappa shape index (κ1) is 23.3. The number of nitriles is 1. The van der Waals surface area contributed by atoms with Crippen molar-refractivity contribution in [2.24, 2.45) is 0 Å². The molecule has 2 heterocycles. The second-order valence-corrected chi connectivity index (χ2v) is 7.78. The Morgan fingerprint density at radius 3 is 2.54 bits per heavy atom. The maximum atomic E-state index is 13.3. The van der Waals surface area contributed by atoms with E-state index >= 15 is 0 Å². The molecule has 0 spiro atoms. The van der Waals surface area contributed by atoms with Crippen molar-refractivity contribution < 1.29 is 14.3 Å². The van der Waals surface area contributed by atoms with Crippen molar-refractivity contribution in [1.29, 1.82) is 5.26 Å². The molecule has 2 aromatic carbocycles. The van der Waals surface area contributed by atoms with Gasteiger partial charge in [0.05, 0.1) is 7.11 Å². The Bertz CT molecular complexity index is 1550. The van der Waals surface area contributed by atoms with Gasteiger partial charge in [-0.2, -0.15) is 10.2 Å². The Morgan fingerprint density at radius 2 is 1.83 bits per heavy atom. The van der Waals surface area contributed by atoms with Crippen LogP contribution < -0.4 is 20.3 Å². The molecule has 0 unspecified atom stereocenters. The summed E-state index contributed by atoms with van der Waals surface area (Å²) >= 11 is 0. The number of pyridine rings is 1. The number of methoxy groups -OCH3 is 1. The van der Waals surface area contributed by atoms with Crippen molar-refractivity contribution in [2.45, 2.75) is 13.8 Å². The fourth-order valence-electron chi connectivity index (χ4n) is 3.39. The van der Waals surface area contributed by atoms with Gasteiger partial charge < -0.3 is 14.8 Å². The molecule has 4 rings (SSSR count). The van der Waals surface area contributed by atoms with Gasteiger partial charge in [-0.15, -0.1) is 0 Å². The van der Waals surface area contributed by atoms with Crippen LogP contribution in [0, 0.1) is 25.2 Å². The van der Waals surface area contributed by atoms with E-state index in [9.17, 15) is 14.9 Å². The number of hydrogen-bond acceptors (Lipinski definition) is 6. The average molecular weight is 466 g/mol. The van der Waals surface area contributed by atoms with E-state index in [1.807, 2.05) is 38.1 Å². The lowest BCUT2D eigenvalue weighted by Gasteiger charge is -2.11. The van der Waals surface area contributed by atoms with E-state index in [2.05, 4.69) is 10.3 Å². The third kappa shape index (κ3) is 5.04. The number of hydrogen-bond donors (Lipinski definition) is 1. The van der Waals surface area contributed by atoms with Crippen LogP contribution in [-0.2, 0) is 4.79 Å². The fourth-order valence-corrected chi connectivity index (χ4v) is 3.39. The quantitative estimate of drug-likeness (QED) is 0.327. The van der Waals surface area contributed by atoms with Gasteiger partial charge in [-0.3, -0.25) is 14.0 Å². The molecular weight excluding hydrogens is 444 g/mol. The van der Waals surface area contributed by atoms with Crippen molar-refractivity contribution in [3.05, 3.63) is 99.5 Å². The van der Waals surface area contributed by atoms with Crippen LogP contribution in [0.3, 0.4) is 0 Å². The summed E-state index contributed by atoms with van der Waals surface area (Å²) in [5.41, 5.74) is 1.97.